The fourth-order valence-corrected chi connectivity index (χ4v) is 2.51. The fraction of sp³-hybridized carbons (Fsp3) is 0.375. The molecule has 0 spiro atoms. The first-order valence-electron chi connectivity index (χ1n) is 7.64. The standard InChI is InChI=1S/C15H19N7O2.CH4/c1-8-2-3-9(12(16)23)6-11(8)19-14-20-13(21-15(24)22-14)18-10-4-5-17-7-10;/h2-3,6,10,17H,4-5,7H2,1H3,(H2,16,23)(H3,18,19,20,21,22,24);1H4/t10-;/m1./s1. The fourth-order valence-electron chi connectivity index (χ4n) is 2.51. The van der Waals surface area contributed by atoms with Crippen LogP contribution in [0, 0.1) is 6.92 Å². The molecule has 1 fully saturated rings. The number of carbonyl (C=O) groups excluding carboxylic acids is 1. The molecular formula is C16H23N7O2. The number of primary amides is 1. The van der Waals surface area contributed by atoms with Crippen molar-refractivity contribution in [3.8, 4) is 0 Å². The van der Waals surface area contributed by atoms with Gasteiger partial charge in [0.05, 0.1) is 0 Å². The van der Waals surface area contributed by atoms with Crippen LogP contribution in [0.4, 0.5) is 17.6 Å². The minimum Gasteiger partial charge on any atom is -0.366 e. The van der Waals surface area contributed by atoms with E-state index >= 15 is 0 Å². The van der Waals surface area contributed by atoms with E-state index in [1.54, 1.807) is 18.2 Å². The molecule has 3 rings (SSSR count). The third-order valence-corrected chi connectivity index (χ3v) is 3.82. The number of nitrogens with zero attached hydrogens (tertiary/aromatic N) is 2. The van der Waals surface area contributed by atoms with Crippen LogP contribution >= 0.6 is 0 Å². The Hall–Kier alpha value is -2.94. The summed E-state index contributed by atoms with van der Waals surface area (Å²) in [6, 6.07) is 5.22. The molecule has 0 unspecified atom stereocenters. The average Bonchev–Trinajstić information content (AvgIpc) is 3.01. The molecule has 1 aromatic heterocycles. The van der Waals surface area contributed by atoms with Gasteiger partial charge in [0, 0.05) is 23.8 Å². The molecule has 6 N–H and O–H groups in total. The second-order valence-electron chi connectivity index (χ2n) is 5.68. The zero-order valence-corrected chi connectivity index (χ0v) is 13.2. The SMILES string of the molecule is C.Cc1ccc(C(N)=O)cc1Nc1nc(N[C@@H]2CCNC2)nc(=O)[nH]1. The third kappa shape index (κ3) is 4.54. The van der Waals surface area contributed by atoms with Crippen molar-refractivity contribution in [3.05, 3.63) is 39.8 Å². The Morgan fingerprint density at radius 1 is 1.36 bits per heavy atom. The smallest absolute Gasteiger partial charge is 0.351 e. The summed E-state index contributed by atoms with van der Waals surface area (Å²) in [5, 5.41) is 9.36. The van der Waals surface area contributed by atoms with E-state index in [4.69, 9.17) is 5.73 Å². The number of nitrogens with two attached hydrogens (primary N) is 1. The molecule has 2 aromatic rings. The molecule has 0 radical (unpaired) electrons. The molecule has 0 saturated carbocycles. The van der Waals surface area contributed by atoms with Crippen LogP contribution in [-0.2, 0) is 0 Å². The first-order valence-corrected chi connectivity index (χ1v) is 7.64. The Bertz CT molecular complexity index is 812. The number of aryl methyl sites for hydroxylation is 1. The minimum atomic E-state index is -0.523. The second kappa shape index (κ2) is 7.75. The normalized spacial score (nSPS) is 16.1. The Kier molecular flexibility index (Phi) is 5.71. The lowest BCUT2D eigenvalue weighted by molar-refractivity contribution is 0.100. The zero-order valence-electron chi connectivity index (χ0n) is 13.2. The molecule has 25 heavy (non-hydrogen) atoms. The number of hydrogen-bond donors (Lipinski definition) is 5. The van der Waals surface area contributed by atoms with Gasteiger partial charge in [-0.05, 0) is 37.6 Å². The number of aromatic nitrogens is 3. The van der Waals surface area contributed by atoms with Gasteiger partial charge in [-0.25, -0.2) is 4.79 Å². The van der Waals surface area contributed by atoms with Gasteiger partial charge in [-0.1, -0.05) is 13.5 Å². The summed E-state index contributed by atoms with van der Waals surface area (Å²) in [5.41, 5.74) is 6.68. The van der Waals surface area contributed by atoms with E-state index in [1.165, 1.54) is 0 Å². The molecule has 0 aliphatic carbocycles. The van der Waals surface area contributed by atoms with Crippen LogP contribution in [0.2, 0.25) is 0 Å². The topological polar surface area (TPSA) is 138 Å². The molecule has 1 atom stereocenters. The maximum absolute atomic E-state index is 11.8. The molecule has 1 amide bonds. The molecule has 1 saturated heterocycles. The highest BCUT2D eigenvalue weighted by atomic mass is 16.1. The van der Waals surface area contributed by atoms with Crippen LogP contribution in [0.15, 0.2) is 23.0 Å². The van der Waals surface area contributed by atoms with Gasteiger partial charge in [0.15, 0.2) is 0 Å². The van der Waals surface area contributed by atoms with Crippen molar-refractivity contribution >= 4 is 23.5 Å². The van der Waals surface area contributed by atoms with E-state index in [0.717, 1.165) is 25.1 Å². The number of anilines is 3. The van der Waals surface area contributed by atoms with Crippen LogP contribution in [-0.4, -0.2) is 40.0 Å². The van der Waals surface area contributed by atoms with Crippen molar-refractivity contribution in [2.24, 2.45) is 5.73 Å². The van der Waals surface area contributed by atoms with Crippen LogP contribution in [0.5, 0.6) is 0 Å². The maximum Gasteiger partial charge on any atom is 0.351 e. The number of amides is 1. The summed E-state index contributed by atoms with van der Waals surface area (Å²) in [6.07, 6.45) is 0.943. The number of rotatable bonds is 5. The third-order valence-electron chi connectivity index (χ3n) is 3.82. The van der Waals surface area contributed by atoms with Crippen molar-refractivity contribution in [1.29, 1.82) is 0 Å². The Morgan fingerprint density at radius 3 is 2.84 bits per heavy atom. The predicted octanol–water partition coefficient (Wildman–Crippen LogP) is 0.726. The number of benzene rings is 1. The summed E-state index contributed by atoms with van der Waals surface area (Å²) in [7, 11) is 0. The number of nitrogens with one attached hydrogen (secondary N) is 4. The Balaban J connectivity index is 0.00000225. The quantitative estimate of drug-likeness (QED) is 0.538. The molecule has 9 heteroatoms. The zero-order chi connectivity index (χ0) is 17.1. The monoisotopic (exact) mass is 345 g/mol. The van der Waals surface area contributed by atoms with E-state index in [-0.39, 0.29) is 25.4 Å². The number of aromatic amines is 1. The van der Waals surface area contributed by atoms with Crippen molar-refractivity contribution < 1.29 is 4.79 Å². The molecule has 134 valence electrons. The highest BCUT2D eigenvalue weighted by molar-refractivity contribution is 5.94. The van der Waals surface area contributed by atoms with E-state index in [9.17, 15) is 9.59 Å². The maximum atomic E-state index is 11.8. The lowest BCUT2D eigenvalue weighted by Crippen LogP contribution is -2.26. The second-order valence-corrected chi connectivity index (χ2v) is 5.68. The Morgan fingerprint density at radius 2 is 2.16 bits per heavy atom. The highest BCUT2D eigenvalue weighted by Gasteiger charge is 2.16. The predicted molar refractivity (Wildman–Crippen MR) is 97.3 cm³/mol. The van der Waals surface area contributed by atoms with Crippen molar-refractivity contribution in [2.45, 2.75) is 26.8 Å². The largest absolute Gasteiger partial charge is 0.366 e. The van der Waals surface area contributed by atoms with E-state index in [2.05, 4.69) is 30.9 Å². The van der Waals surface area contributed by atoms with Gasteiger partial charge in [-0.15, -0.1) is 0 Å². The van der Waals surface area contributed by atoms with Crippen LogP contribution in [0.1, 0.15) is 29.8 Å². The number of hydrogen-bond acceptors (Lipinski definition) is 7. The summed E-state index contributed by atoms with van der Waals surface area (Å²) < 4.78 is 0. The number of H-pyrrole nitrogens is 1. The molecule has 2 heterocycles. The number of carbonyl (C=O) groups is 1. The summed E-state index contributed by atoms with van der Waals surface area (Å²) in [4.78, 5) is 33.7. The van der Waals surface area contributed by atoms with Gasteiger partial charge in [-0.3, -0.25) is 9.78 Å². The van der Waals surface area contributed by atoms with Crippen molar-refractivity contribution in [2.75, 3.05) is 23.7 Å². The van der Waals surface area contributed by atoms with Gasteiger partial charge in [0.2, 0.25) is 17.8 Å². The van der Waals surface area contributed by atoms with Crippen LogP contribution in [0.3, 0.4) is 0 Å². The molecule has 1 aliphatic rings. The average molecular weight is 345 g/mol. The van der Waals surface area contributed by atoms with Gasteiger partial charge in [-0.2, -0.15) is 9.97 Å². The summed E-state index contributed by atoms with van der Waals surface area (Å²) in [6.45, 7) is 3.60. The molecular weight excluding hydrogens is 322 g/mol. The van der Waals surface area contributed by atoms with E-state index < -0.39 is 11.6 Å². The summed E-state index contributed by atoms with van der Waals surface area (Å²) >= 11 is 0. The first kappa shape index (κ1) is 18.4. The van der Waals surface area contributed by atoms with Crippen molar-refractivity contribution in [3.63, 3.8) is 0 Å². The van der Waals surface area contributed by atoms with E-state index in [1.807, 2.05) is 6.92 Å². The van der Waals surface area contributed by atoms with Gasteiger partial charge in [0.25, 0.3) is 0 Å². The Labute approximate surface area is 145 Å². The van der Waals surface area contributed by atoms with E-state index in [0.29, 0.717) is 11.3 Å². The lowest BCUT2D eigenvalue weighted by atomic mass is 10.1. The minimum absolute atomic E-state index is 0. The van der Waals surface area contributed by atoms with Gasteiger partial charge in [0.1, 0.15) is 0 Å². The lowest BCUT2D eigenvalue weighted by Gasteiger charge is -2.13. The molecule has 9 nitrogen and oxygen atoms in total. The van der Waals surface area contributed by atoms with Gasteiger partial charge < -0.3 is 21.7 Å². The summed E-state index contributed by atoms with van der Waals surface area (Å²) in [5.74, 6) is -0.0165. The molecule has 1 aromatic carbocycles. The first-order chi connectivity index (χ1) is 11.5. The van der Waals surface area contributed by atoms with Crippen LogP contribution < -0.4 is 27.4 Å². The molecule has 1 aliphatic heterocycles. The van der Waals surface area contributed by atoms with Gasteiger partial charge >= 0.3 is 5.69 Å². The van der Waals surface area contributed by atoms with Crippen molar-refractivity contribution in [1.82, 2.24) is 20.3 Å². The van der Waals surface area contributed by atoms with Crippen LogP contribution in [0.25, 0.3) is 0 Å². The molecule has 0 bridgehead atoms. The highest BCUT2D eigenvalue weighted by Crippen LogP contribution is 2.20.